The van der Waals surface area contributed by atoms with Gasteiger partial charge in [-0.05, 0) is 43.7 Å². The van der Waals surface area contributed by atoms with Crippen LogP contribution in [0.3, 0.4) is 0 Å². The summed E-state index contributed by atoms with van der Waals surface area (Å²) >= 11 is 0. The fourth-order valence-electron chi connectivity index (χ4n) is 3.77. The van der Waals surface area contributed by atoms with E-state index in [1.54, 1.807) is 24.3 Å². The van der Waals surface area contributed by atoms with Crippen molar-refractivity contribution in [2.24, 2.45) is 0 Å². The first-order valence-corrected chi connectivity index (χ1v) is 12.7. The van der Waals surface area contributed by atoms with E-state index in [1.165, 1.54) is 12.1 Å². The van der Waals surface area contributed by atoms with Crippen LogP contribution in [0.25, 0.3) is 28.1 Å². The molecule has 0 aliphatic rings. The second-order valence-corrected chi connectivity index (χ2v) is 9.86. The minimum atomic E-state index is -3.67. The van der Waals surface area contributed by atoms with Crippen LogP contribution in [-0.2, 0) is 14.9 Å². The van der Waals surface area contributed by atoms with Crippen molar-refractivity contribution in [3.05, 3.63) is 66.1 Å². The first kappa shape index (κ1) is 28.2. The van der Waals surface area contributed by atoms with Crippen molar-refractivity contribution in [2.45, 2.75) is 44.9 Å². The maximum atomic E-state index is 13.5. The average Bonchev–Trinajstić information content (AvgIpc) is 3.05. The van der Waals surface area contributed by atoms with E-state index in [-0.39, 0.29) is 18.3 Å². The number of hydrogen-bond acceptors (Lipinski definition) is 5. The standard InChI is InChI=1S/C24H26FNO4.CH4O3S/c1-15(2)26-21-6-4-3-5-20(21)24(16-7-9-17(25)10-8-16)22(26)12-11-18(27)13-19(28)14-23(29)30;1-5(2,3)4/h3-12,15,18-19,27-28H,13-14H2,1-2H3,(H,29,30);1H3,(H,2,3,4)/b12-11+;. The number of para-hydroxylation sites is 1. The van der Waals surface area contributed by atoms with Gasteiger partial charge in [0.25, 0.3) is 10.1 Å². The third kappa shape index (κ3) is 8.59. The lowest BCUT2D eigenvalue weighted by Gasteiger charge is -2.15. The molecule has 190 valence electrons. The van der Waals surface area contributed by atoms with Crippen LogP contribution in [0.2, 0.25) is 0 Å². The molecule has 10 heteroatoms. The Kier molecular flexibility index (Phi) is 9.73. The van der Waals surface area contributed by atoms with Gasteiger partial charge in [0, 0.05) is 34.6 Å². The van der Waals surface area contributed by atoms with Crippen LogP contribution in [0, 0.1) is 5.82 Å². The Bertz CT molecular complexity index is 1270. The molecule has 0 saturated carbocycles. The number of benzene rings is 2. The minimum Gasteiger partial charge on any atom is -0.481 e. The zero-order valence-electron chi connectivity index (χ0n) is 19.7. The molecule has 1 heterocycles. The molecule has 2 unspecified atom stereocenters. The molecular formula is C25H30FNO7S. The summed E-state index contributed by atoms with van der Waals surface area (Å²) in [4.78, 5) is 10.7. The largest absolute Gasteiger partial charge is 0.481 e. The van der Waals surface area contributed by atoms with Crippen molar-refractivity contribution >= 4 is 33.1 Å². The smallest absolute Gasteiger partial charge is 0.305 e. The lowest BCUT2D eigenvalue weighted by atomic mass is 10.0. The van der Waals surface area contributed by atoms with Crippen LogP contribution in [0.1, 0.15) is 38.4 Å². The third-order valence-electron chi connectivity index (χ3n) is 5.00. The van der Waals surface area contributed by atoms with Crippen molar-refractivity contribution < 1.29 is 37.5 Å². The highest BCUT2D eigenvalue weighted by Crippen LogP contribution is 2.38. The monoisotopic (exact) mass is 507 g/mol. The van der Waals surface area contributed by atoms with Gasteiger partial charge in [-0.15, -0.1) is 0 Å². The van der Waals surface area contributed by atoms with Crippen molar-refractivity contribution in [1.82, 2.24) is 4.57 Å². The number of carboxylic acid groups (broad SMARTS) is 1. The third-order valence-corrected chi connectivity index (χ3v) is 5.00. The number of carbonyl (C=O) groups is 1. The van der Waals surface area contributed by atoms with Gasteiger partial charge in [0.15, 0.2) is 0 Å². The first-order valence-electron chi connectivity index (χ1n) is 10.8. The van der Waals surface area contributed by atoms with Gasteiger partial charge in [-0.2, -0.15) is 8.42 Å². The zero-order valence-corrected chi connectivity index (χ0v) is 20.5. The van der Waals surface area contributed by atoms with E-state index in [2.05, 4.69) is 18.4 Å². The molecule has 0 radical (unpaired) electrons. The predicted octanol–water partition coefficient (Wildman–Crippen LogP) is 4.13. The Morgan fingerprint density at radius 2 is 1.66 bits per heavy atom. The predicted molar refractivity (Wildman–Crippen MR) is 133 cm³/mol. The van der Waals surface area contributed by atoms with E-state index in [9.17, 15) is 27.8 Å². The topological polar surface area (TPSA) is 137 Å². The van der Waals surface area contributed by atoms with E-state index in [0.29, 0.717) is 6.26 Å². The fourth-order valence-corrected chi connectivity index (χ4v) is 3.77. The quantitative estimate of drug-likeness (QED) is 0.336. The van der Waals surface area contributed by atoms with Gasteiger partial charge in [-0.3, -0.25) is 9.35 Å². The summed E-state index contributed by atoms with van der Waals surface area (Å²) in [5.74, 6) is -1.43. The molecule has 0 aliphatic carbocycles. The molecule has 3 aromatic rings. The van der Waals surface area contributed by atoms with Crippen molar-refractivity contribution in [2.75, 3.05) is 6.26 Å². The number of aliphatic carboxylic acids is 1. The van der Waals surface area contributed by atoms with Crippen LogP contribution in [0.5, 0.6) is 0 Å². The zero-order chi connectivity index (χ0) is 26.3. The SMILES string of the molecule is CC(C)n1c(/C=C/C(O)CC(O)CC(=O)O)c(-c2ccc(F)cc2)c2ccccc21.CS(=O)(=O)O. The lowest BCUT2D eigenvalue weighted by Crippen LogP contribution is -2.19. The van der Waals surface area contributed by atoms with E-state index >= 15 is 0 Å². The highest BCUT2D eigenvalue weighted by molar-refractivity contribution is 7.85. The molecule has 0 saturated heterocycles. The summed E-state index contributed by atoms with van der Waals surface area (Å²) in [5.41, 5.74) is 3.65. The summed E-state index contributed by atoms with van der Waals surface area (Å²) < 4.78 is 41.5. The van der Waals surface area contributed by atoms with Crippen molar-refractivity contribution in [3.8, 4) is 11.1 Å². The van der Waals surface area contributed by atoms with Crippen molar-refractivity contribution in [1.29, 1.82) is 0 Å². The van der Waals surface area contributed by atoms with E-state index < -0.39 is 34.7 Å². The highest BCUT2D eigenvalue weighted by Gasteiger charge is 2.19. The van der Waals surface area contributed by atoms with Crippen LogP contribution in [-0.4, -0.2) is 57.3 Å². The van der Waals surface area contributed by atoms with Crippen LogP contribution >= 0.6 is 0 Å². The molecule has 8 nitrogen and oxygen atoms in total. The Morgan fingerprint density at radius 3 is 2.20 bits per heavy atom. The van der Waals surface area contributed by atoms with Crippen LogP contribution in [0.4, 0.5) is 4.39 Å². The molecule has 3 rings (SSSR count). The molecule has 0 spiro atoms. The Morgan fingerprint density at radius 1 is 1.09 bits per heavy atom. The Hall–Kier alpha value is -3.05. The number of aliphatic hydroxyl groups is 2. The second-order valence-electron chi connectivity index (χ2n) is 8.39. The molecule has 0 amide bonds. The van der Waals surface area contributed by atoms with Gasteiger partial charge in [0.2, 0.25) is 0 Å². The number of carboxylic acids is 1. The molecule has 4 N–H and O–H groups in total. The van der Waals surface area contributed by atoms with Crippen molar-refractivity contribution in [3.63, 3.8) is 0 Å². The summed E-state index contributed by atoms with van der Waals surface area (Å²) in [6.07, 6.45) is 1.44. The molecule has 0 aliphatic heterocycles. The van der Waals surface area contributed by atoms with Crippen LogP contribution < -0.4 is 0 Å². The summed E-state index contributed by atoms with van der Waals surface area (Å²) in [6.45, 7) is 4.12. The minimum absolute atomic E-state index is 0.0728. The van der Waals surface area contributed by atoms with E-state index in [4.69, 9.17) is 9.66 Å². The first-order chi connectivity index (χ1) is 16.3. The maximum absolute atomic E-state index is 13.5. The van der Waals surface area contributed by atoms with Gasteiger partial charge in [0.1, 0.15) is 5.82 Å². The highest BCUT2D eigenvalue weighted by atomic mass is 32.2. The van der Waals surface area contributed by atoms with Gasteiger partial charge < -0.3 is 19.9 Å². The molecule has 0 fully saturated rings. The summed E-state index contributed by atoms with van der Waals surface area (Å²) in [7, 11) is -3.67. The number of fused-ring (bicyclic) bond motifs is 1. The lowest BCUT2D eigenvalue weighted by molar-refractivity contribution is -0.139. The Balaban J connectivity index is 0.000000784. The fraction of sp³-hybridized carbons (Fsp3) is 0.320. The molecule has 2 atom stereocenters. The molecule has 2 aromatic carbocycles. The van der Waals surface area contributed by atoms with Gasteiger partial charge in [-0.25, -0.2) is 4.39 Å². The van der Waals surface area contributed by atoms with Gasteiger partial charge in [0.05, 0.1) is 24.9 Å². The number of nitrogens with zero attached hydrogens (tertiary/aromatic N) is 1. The maximum Gasteiger partial charge on any atom is 0.305 e. The summed E-state index contributed by atoms with van der Waals surface area (Å²) in [5, 5.41) is 29.9. The summed E-state index contributed by atoms with van der Waals surface area (Å²) in [6, 6.07) is 14.4. The Labute approximate surface area is 203 Å². The molecule has 35 heavy (non-hydrogen) atoms. The molecule has 0 bridgehead atoms. The number of hydrogen-bond donors (Lipinski definition) is 4. The number of halogens is 1. The van der Waals surface area contributed by atoms with Crippen LogP contribution in [0.15, 0.2) is 54.6 Å². The number of aromatic nitrogens is 1. The van der Waals surface area contributed by atoms with Gasteiger partial charge >= 0.3 is 5.97 Å². The second kappa shape index (κ2) is 12.1. The normalized spacial score (nSPS) is 13.6. The van der Waals surface area contributed by atoms with E-state index in [0.717, 1.165) is 27.7 Å². The number of rotatable bonds is 8. The number of aliphatic hydroxyl groups excluding tert-OH is 2. The van der Waals surface area contributed by atoms with Gasteiger partial charge in [-0.1, -0.05) is 36.4 Å². The molecule has 1 aromatic heterocycles. The average molecular weight is 508 g/mol. The molecular weight excluding hydrogens is 477 g/mol. The van der Waals surface area contributed by atoms with E-state index in [1.807, 2.05) is 24.3 Å².